The molecule has 0 unspecified atom stereocenters. The molecule has 0 aliphatic rings. The normalized spacial score (nSPS) is 11.4. The fraction of sp³-hybridized carbons (Fsp3) is 0.615. The molecule has 5 heteroatoms. The van der Waals surface area contributed by atoms with Gasteiger partial charge in [0.05, 0.1) is 6.42 Å². The SMILES string of the molecule is Cc1cc(=O)n(CCC(=O)OC(C)(C)C)c(C)n1. The highest BCUT2D eigenvalue weighted by Gasteiger charge is 2.16. The largest absolute Gasteiger partial charge is 0.460 e. The van der Waals surface area contributed by atoms with Gasteiger partial charge in [0.15, 0.2) is 0 Å². The van der Waals surface area contributed by atoms with Crippen molar-refractivity contribution in [2.45, 2.75) is 53.2 Å². The summed E-state index contributed by atoms with van der Waals surface area (Å²) >= 11 is 0. The van der Waals surface area contributed by atoms with Crippen LogP contribution in [0.4, 0.5) is 0 Å². The highest BCUT2D eigenvalue weighted by Crippen LogP contribution is 2.08. The van der Waals surface area contributed by atoms with Crippen molar-refractivity contribution in [3.8, 4) is 0 Å². The van der Waals surface area contributed by atoms with E-state index in [4.69, 9.17) is 4.74 Å². The minimum absolute atomic E-state index is 0.136. The van der Waals surface area contributed by atoms with Gasteiger partial charge in [0, 0.05) is 18.3 Å². The van der Waals surface area contributed by atoms with Crippen LogP contribution in [-0.2, 0) is 16.1 Å². The zero-order valence-electron chi connectivity index (χ0n) is 11.6. The van der Waals surface area contributed by atoms with Crippen LogP contribution in [0.1, 0.15) is 38.7 Å². The van der Waals surface area contributed by atoms with Crippen molar-refractivity contribution in [2.24, 2.45) is 0 Å². The molecule has 0 fully saturated rings. The Bertz CT molecular complexity index is 498. The minimum Gasteiger partial charge on any atom is -0.460 e. The summed E-state index contributed by atoms with van der Waals surface area (Å²) in [5, 5.41) is 0. The van der Waals surface area contributed by atoms with Crippen molar-refractivity contribution in [1.29, 1.82) is 0 Å². The summed E-state index contributed by atoms with van der Waals surface area (Å²) < 4.78 is 6.67. The maximum absolute atomic E-state index is 11.7. The van der Waals surface area contributed by atoms with Gasteiger partial charge in [-0.05, 0) is 34.6 Å². The molecular formula is C13H20N2O3. The second-order valence-electron chi connectivity index (χ2n) is 5.27. The second kappa shape index (κ2) is 5.33. The topological polar surface area (TPSA) is 61.2 Å². The number of hydrogen-bond acceptors (Lipinski definition) is 4. The molecule has 0 amide bonds. The van der Waals surface area contributed by atoms with E-state index in [9.17, 15) is 9.59 Å². The summed E-state index contributed by atoms with van der Waals surface area (Å²) in [4.78, 5) is 27.5. The van der Waals surface area contributed by atoms with Crippen molar-refractivity contribution < 1.29 is 9.53 Å². The minimum atomic E-state index is -0.497. The number of nitrogens with zero attached hydrogens (tertiary/aromatic N) is 2. The van der Waals surface area contributed by atoms with Gasteiger partial charge in [0.1, 0.15) is 11.4 Å². The quantitative estimate of drug-likeness (QED) is 0.766. The van der Waals surface area contributed by atoms with E-state index in [1.165, 1.54) is 10.6 Å². The first-order valence-corrected chi connectivity index (χ1v) is 5.96. The van der Waals surface area contributed by atoms with Crippen LogP contribution in [-0.4, -0.2) is 21.1 Å². The lowest BCUT2D eigenvalue weighted by atomic mass is 10.2. The van der Waals surface area contributed by atoms with Gasteiger partial charge < -0.3 is 4.74 Å². The molecule has 1 rings (SSSR count). The van der Waals surface area contributed by atoms with Crippen LogP contribution in [0.15, 0.2) is 10.9 Å². The molecule has 0 bridgehead atoms. The molecule has 0 saturated carbocycles. The average molecular weight is 252 g/mol. The predicted molar refractivity (Wildman–Crippen MR) is 68.4 cm³/mol. The van der Waals surface area contributed by atoms with E-state index in [0.717, 1.165) is 0 Å². The average Bonchev–Trinajstić information content (AvgIpc) is 2.12. The summed E-state index contributed by atoms with van der Waals surface area (Å²) in [5.41, 5.74) is 0.0531. The number of carbonyl (C=O) groups is 1. The standard InChI is InChI=1S/C13H20N2O3/c1-9-8-11(16)15(10(2)14-9)7-6-12(17)18-13(3,4)5/h8H,6-7H2,1-5H3. The van der Waals surface area contributed by atoms with Gasteiger partial charge in [-0.15, -0.1) is 0 Å². The van der Waals surface area contributed by atoms with E-state index in [1.54, 1.807) is 13.8 Å². The molecule has 18 heavy (non-hydrogen) atoms. The number of hydrogen-bond donors (Lipinski definition) is 0. The van der Waals surface area contributed by atoms with Gasteiger partial charge in [-0.2, -0.15) is 0 Å². The molecule has 0 atom stereocenters. The molecular weight excluding hydrogens is 232 g/mol. The number of ether oxygens (including phenoxy) is 1. The van der Waals surface area contributed by atoms with E-state index in [-0.39, 0.29) is 17.9 Å². The second-order valence-corrected chi connectivity index (χ2v) is 5.27. The molecule has 0 N–H and O–H groups in total. The fourth-order valence-electron chi connectivity index (χ4n) is 1.63. The lowest BCUT2D eigenvalue weighted by molar-refractivity contribution is -0.155. The Morgan fingerprint density at radius 2 is 2.00 bits per heavy atom. The van der Waals surface area contributed by atoms with Gasteiger partial charge in [0.2, 0.25) is 0 Å². The zero-order chi connectivity index (χ0) is 13.9. The number of aromatic nitrogens is 2. The Balaban J connectivity index is 2.70. The van der Waals surface area contributed by atoms with E-state index < -0.39 is 5.60 Å². The van der Waals surface area contributed by atoms with E-state index >= 15 is 0 Å². The van der Waals surface area contributed by atoms with Gasteiger partial charge in [-0.25, -0.2) is 4.98 Å². The highest BCUT2D eigenvalue weighted by atomic mass is 16.6. The Hall–Kier alpha value is -1.65. The molecule has 1 aromatic heterocycles. The first-order chi connectivity index (χ1) is 8.19. The van der Waals surface area contributed by atoms with Gasteiger partial charge in [0.25, 0.3) is 5.56 Å². The third kappa shape index (κ3) is 4.31. The summed E-state index contributed by atoms with van der Waals surface area (Å²) in [6.45, 7) is 9.27. The monoisotopic (exact) mass is 252 g/mol. The molecule has 100 valence electrons. The smallest absolute Gasteiger partial charge is 0.308 e. The predicted octanol–water partition coefficient (Wildman–Crippen LogP) is 1.59. The van der Waals surface area contributed by atoms with Crippen LogP contribution >= 0.6 is 0 Å². The Morgan fingerprint density at radius 3 is 2.50 bits per heavy atom. The molecule has 5 nitrogen and oxygen atoms in total. The van der Waals surface area contributed by atoms with E-state index in [0.29, 0.717) is 18.1 Å². The van der Waals surface area contributed by atoms with Crippen LogP contribution < -0.4 is 5.56 Å². The Labute approximate surface area is 107 Å². The zero-order valence-corrected chi connectivity index (χ0v) is 11.6. The van der Waals surface area contributed by atoms with E-state index in [2.05, 4.69) is 4.98 Å². The molecule has 0 radical (unpaired) electrons. The van der Waals surface area contributed by atoms with Crippen molar-refractivity contribution in [3.05, 3.63) is 27.9 Å². The van der Waals surface area contributed by atoms with Crippen molar-refractivity contribution in [2.75, 3.05) is 0 Å². The number of esters is 1. The number of rotatable bonds is 3. The lowest BCUT2D eigenvalue weighted by Crippen LogP contribution is -2.28. The van der Waals surface area contributed by atoms with Crippen LogP contribution in [0.3, 0.4) is 0 Å². The Kier molecular flexibility index (Phi) is 4.27. The third-order valence-corrected chi connectivity index (χ3v) is 2.29. The highest BCUT2D eigenvalue weighted by molar-refractivity contribution is 5.69. The van der Waals surface area contributed by atoms with Crippen molar-refractivity contribution in [3.63, 3.8) is 0 Å². The first-order valence-electron chi connectivity index (χ1n) is 5.96. The van der Waals surface area contributed by atoms with Gasteiger partial charge in [-0.3, -0.25) is 14.2 Å². The summed E-state index contributed by atoms with van der Waals surface area (Å²) in [5.74, 6) is 0.304. The van der Waals surface area contributed by atoms with Crippen LogP contribution in [0.2, 0.25) is 0 Å². The van der Waals surface area contributed by atoms with Crippen LogP contribution in [0.25, 0.3) is 0 Å². The first kappa shape index (κ1) is 14.4. The molecule has 0 aromatic carbocycles. The summed E-state index contributed by atoms with van der Waals surface area (Å²) in [7, 11) is 0. The third-order valence-electron chi connectivity index (χ3n) is 2.29. The van der Waals surface area contributed by atoms with E-state index in [1.807, 2.05) is 20.8 Å². The van der Waals surface area contributed by atoms with Gasteiger partial charge >= 0.3 is 5.97 Å². The molecule has 0 spiro atoms. The molecule has 0 aliphatic carbocycles. The lowest BCUT2D eigenvalue weighted by Gasteiger charge is -2.19. The molecule has 1 aromatic rings. The van der Waals surface area contributed by atoms with Crippen molar-refractivity contribution >= 4 is 5.97 Å². The molecule has 0 saturated heterocycles. The summed E-state index contributed by atoms with van der Waals surface area (Å²) in [6.07, 6.45) is 0.169. The van der Waals surface area contributed by atoms with Crippen LogP contribution in [0, 0.1) is 13.8 Å². The van der Waals surface area contributed by atoms with Crippen LogP contribution in [0.5, 0.6) is 0 Å². The molecule has 1 heterocycles. The maximum atomic E-state index is 11.7. The van der Waals surface area contributed by atoms with Gasteiger partial charge in [-0.1, -0.05) is 0 Å². The number of aryl methyl sites for hydroxylation is 2. The fourth-order valence-corrected chi connectivity index (χ4v) is 1.63. The van der Waals surface area contributed by atoms with Crippen molar-refractivity contribution in [1.82, 2.24) is 9.55 Å². The maximum Gasteiger partial charge on any atom is 0.308 e. The number of carbonyl (C=O) groups excluding carboxylic acids is 1. The molecule has 0 aliphatic heterocycles. The Morgan fingerprint density at radius 1 is 1.39 bits per heavy atom. The summed E-state index contributed by atoms with van der Waals surface area (Å²) in [6, 6.07) is 1.46.